The van der Waals surface area contributed by atoms with Gasteiger partial charge in [0.1, 0.15) is 11.5 Å². The maximum absolute atomic E-state index is 13.0. The van der Waals surface area contributed by atoms with Gasteiger partial charge in [0, 0.05) is 12.6 Å². The number of carbonyl (C=O) groups excluding carboxylic acids is 1. The first-order chi connectivity index (χ1) is 8.56. The maximum Gasteiger partial charge on any atom is 0.185 e. The number of aromatic nitrogens is 1. The molecule has 0 N–H and O–H groups in total. The number of pyridine rings is 1. The monoisotopic (exact) mass is 243 g/mol. The van der Waals surface area contributed by atoms with E-state index >= 15 is 0 Å². The Morgan fingerprint density at radius 1 is 1.28 bits per heavy atom. The number of halogens is 1. The molecule has 0 bridgehead atoms. The van der Waals surface area contributed by atoms with Crippen LogP contribution < -0.4 is 0 Å². The largest absolute Gasteiger partial charge is 0.292 e. The van der Waals surface area contributed by atoms with Crippen LogP contribution in [0.15, 0.2) is 36.5 Å². The van der Waals surface area contributed by atoms with E-state index in [1.54, 1.807) is 18.3 Å². The van der Waals surface area contributed by atoms with Gasteiger partial charge in [-0.2, -0.15) is 0 Å². The number of rotatable bonds is 3. The Morgan fingerprint density at radius 3 is 2.72 bits per heavy atom. The van der Waals surface area contributed by atoms with Crippen LogP contribution in [0.25, 0.3) is 0 Å². The van der Waals surface area contributed by atoms with Crippen LogP contribution in [0.5, 0.6) is 0 Å². The smallest absolute Gasteiger partial charge is 0.185 e. The fourth-order valence-corrected chi connectivity index (χ4v) is 1.92. The molecule has 2 nitrogen and oxygen atoms in total. The zero-order chi connectivity index (χ0) is 13.1. The zero-order valence-electron chi connectivity index (χ0n) is 10.4. The lowest BCUT2D eigenvalue weighted by atomic mass is 10.0. The quantitative estimate of drug-likeness (QED) is 0.774. The summed E-state index contributed by atoms with van der Waals surface area (Å²) in [6, 6.07) is 8.01. The van der Waals surface area contributed by atoms with Gasteiger partial charge in [-0.05, 0) is 42.7 Å². The zero-order valence-corrected chi connectivity index (χ0v) is 10.4. The number of Topliss-reactive ketones (excluding diaryl/α,β-unsaturated/α-hetero) is 1. The number of ketones is 1. The van der Waals surface area contributed by atoms with Gasteiger partial charge in [-0.1, -0.05) is 18.2 Å². The molecule has 0 fully saturated rings. The van der Waals surface area contributed by atoms with Crippen LogP contribution in [0, 0.1) is 19.7 Å². The van der Waals surface area contributed by atoms with E-state index in [4.69, 9.17) is 0 Å². The molecule has 0 saturated heterocycles. The highest BCUT2D eigenvalue weighted by atomic mass is 19.1. The lowest BCUT2D eigenvalue weighted by molar-refractivity contribution is 0.0987. The summed E-state index contributed by atoms with van der Waals surface area (Å²) < 4.78 is 13.0. The van der Waals surface area contributed by atoms with Crippen molar-refractivity contribution in [2.24, 2.45) is 0 Å². The van der Waals surface area contributed by atoms with Crippen molar-refractivity contribution >= 4 is 5.78 Å². The van der Waals surface area contributed by atoms with Gasteiger partial charge in [0.2, 0.25) is 0 Å². The molecule has 0 aliphatic rings. The predicted octanol–water partition coefficient (Wildman–Crippen LogP) is 3.26. The van der Waals surface area contributed by atoms with E-state index in [2.05, 4.69) is 4.98 Å². The Labute approximate surface area is 105 Å². The highest BCUT2D eigenvalue weighted by Crippen LogP contribution is 2.12. The van der Waals surface area contributed by atoms with Gasteiger partial charge in [-0.3, -0.25) is 9.78 Å². The second-order valence-electron chi connectivity index (χ2n) is 4.41. The van der Waals surface area contributed by atoms with Crippen molar-refractivity contribution in [3.63, 3.8) is 0 Å². The lowest BCUT2D eigenvalue weighted by Crippen LogP contribution is -2.08. The fourth-order valence-electron chi connectivity index (χ4n) is 1.92. The maximum atomic E-state index is 13.0. The summed E-state index contributed by atoms with van der Waals surface area (Å²) in [6.45, 7) is 3.79. The molecule has 18 heavy (non-hydrogen) atoms. The molecule has 0 spiro atoms. The second kappa shape index (κ2) is 5.08. The summed E-state index contributed by atoms with van der Waals surface area (Å²) in [7, 11) is 0. The highest BCUT2D eigenvalue weighted by molar-refractivity contribution is 5.97. The summed E-state index contributed by atoms with van der Waals surface area (Å²) in [5.74, 6) is -0.410. The molecule has 1 aromatic heterocycles. The molecule has 0 amide bonds. The summed E-state index contributed by atoms with van der Waals surface area (Å²) in [6.07, 6.45) is 1.85. The molecule has 0 radical (unpaired) electrons. The first kappa shape index (κ1) is 12.4. The number of hydrogen-bond acceptors (Lipinski definition) is 2. The standard InChI is InChI=1S/C15H14FNO/c1-10-6-11(2)15(17-9-10)14(18)8-12-4-3-5-13(16)7-12/h3-7,9H,8H2,1-2H3. The van der Waals surface area contributed by atoms with E-state index in [9.17, 15) is 9.18 Å². The van der Waals surface area contributed by atoms with Crippen LogP contribution in [0.4, 0.5) is 4.39 Å². The van der Waals surface area contributed by atoms with Gasteiger partial charge in [0.25, 0.3) is 0 Å². The number of aryl methyl sites for hydroxylation is 2. The van der Waals surface area contributed by atoms with E-state index in [1.165, 1.54) is 12.1 Å². The molecule has 92 valence electrons. The predicted molar refractivity (Wildman–Crippen MR) is 68.1 cm³/mol. The molecule has 2 rings (SSSR count). The minimum absolute atomic E-state index is 0.0851. The van der Waals surface area contributed by atoms with Crippen LogP contribution >= 0.6 is 0 Å². The van der Waals surface area contributed by atoms with Crippen molar-refractivity contribution in [3.8, 4) is 0 Å². The van der Waals surface area contributed by atoms with Crippen LogP contribution in [0.1, 0.15) is 27.2 Å². The summed E-state index contributed by atoms with van der Waals surface area (Å²) in [5, 5.41) is 0. The first-order valence-electron chi connectivity index (χ1n) is 5.77. The lowest BCUT2D eigenvalue weighted by Gasteiger charge is -2.05. The molecule has 3 heteroatoms. The minimum atomic E-state index is -0.325. The van der Waals surface area contributed by atoms with E-state index in [-0.39, 0.29) is 18.0 Å². The SMILES string of the molecule is Cc1cnc(C(=O)Cc2cccc(F)c2)c(C)c1. The number of hydrogen-bond donors (Lipinski definition) is 0. The van der Waals surface area contributed by atoms with Crippen LogP contribution in [-0.4, -0.2) is 10.8 Å². The van der Waals surface area contributed by atoms with Gasteiger partial charge >= 0.3 is 0 Å². The Balaban J connectivity index is 2.22. The van der Waals surface area contributed by atoms with Crippen molar-refractivity contribution < 1.29 is 9.18 Å². The summed E-state index contributed by atoms with van der Waals surface area (Å²) in [4.78, 5) is 16.2. The molecule has 0 aliphatic heterocycles. The van der Waals surface area contributed by atoms with Crippen LogP contribution in [0.3, 0.4) is 0 Å². The molecule has 0 atom stereocenters. The molecular formula is C15H14FNO. The van der Waals surface area contributed by atoms with Gasteiger partial charge < -0.3 is 0 Å². The highest BCUT2D eigenvalue weighted by Gasteiger charge is 2.11. The molecular weight excluding hydrogens is 229 g/mol. The molecule has 0 unspecified atom stereocenters. The van der Waals surface area contributed by atoms with E-state index in [0.29, 0.717) is 11.3 Å². The van der Waals surface area contributed by atoms with Crippen LogP contribution in [0.2, 0.25) is 0 Å². The molecule has 0 saturated carbocycles. The summed E-state index contributed by atoms with van der Waals surface area (Å²) in [5.41, 5.74) is 3.01. The fraction of sp³-hybridized carbons (Fsp3) is 0.200. The third-order valence-corrected chi connectivity index (χ3v) is 2.73. The summed E-state index contributed by atoms with van der Waals surface area (Å²) >= 11 is 0. The van der Waals surface area contributed by atoms with Gasteiger partial charge in [0.05, 0.1) is 0 Å². The molecule has 1 heterocycles. The second-order valence-corrected chi connectivity index (χ2v) is 4.41. The van der Waals surface area contributed by atoms with E-state index < -0.39 is 0 Å². The van der Waals surface area contributed by atoms with Crippen molar-refractivity contribution in [1.82, 2.24) is 4.98 Å². The average molecular weight is 243 g/mol. The van der Waals surface area contributed by atoms with Crippen molar-refractivity contribution in [3.05, 3.63) is 64.7 Å². The number of carbonyl (C=O) groups is 1. The topological polar surface area (TPSA) is 30.0 Å². The van der Waals surface area contributed by atoms with E-state index in [1.807, 2.05) is 19.9 Å². The Kier molecular flexibility index (Phi) is 3.51. The Hall–Kier alpha value is -2.03. The van der Waals surface area contributed by atoms with Crippen molar-refractivity contribution in [2.75, 3.05) is 0 Å². The minimum Gasteiger partial charge on any atom is -0.292 e. The number of nitrogens with zero attached hydrogens (tertiary/aromatic N) is 1. The third kappa shape index (κ3) is 2.80. The number of benzene rings is 1. The van der Waals surface area contributed by atoms with E-state index in [0.717, 1.165) is 11.1 Å². The normalized spacial score (nSPS) is 10.4. The van der Waals surface area contributed by atoms with Gasteiger partial charge in [0.15, 0.2) is 5.78 Å². The van der Waals surface area contributed by atoms with Crippen molar-refractivity contribution in [1.29, 1.82) is 0 Å². The average Bonchev–Trinajstić information content (AvgIpc) is 2.28. The third-order valence-electron chi connectivity index (χ3n) is 2.73. The molecule has 0 aliphatic carbocycles. The Morgan fingerprint density at radius 2 is 2.06 bits per heavy atom. The Bertz CT molecular complexity index is 593. The van der Waals surface area contributed by atoms with Gasteiger partial charge in [-0.25, -0.2) is 4.39 Å². The van der Waals surface area contributed by atoms with Crippen LogP contribution in [-0.2, 0) is 6.42 Å². The van der Waals surface area contributed by atoms with Crippen molar-refractivity contribution in [2.45, 2.75) is 20.3 Å². The molecule has 2 aromatic rings. The first-order valence-corrected chi connectivity index (χ1v) is 5.77. The van der Waals surface area contributed by atoms with Gasteiger partial charge in [-0.15, -0.1) is 0 Å². The molecule has 1 aromatic carbocycles.